The van der Waals surface area contributed by atoms with Gasteiger partial charge in [-0.1, -0.05) is 0 Å². The van der Waals surface area contributed by atoms with Gasteiger partial charge >= 0.3 is 0 Å². The Morgan fingerprint density at radius 3 is 2.94 bits per heavy atom. The first-order valence-corrected chi connectivity index (χ1v) is 5.30. The zero-order valence-corrected chi connectivity index (χ0v) is 8.94. The molecule has 1 aromatic carbocycles. The fourth-order valence-corrected chi connectivity index (χ4v) is 1.68. The number of rotatable bonds is 4. The molecule has 1 heterocycles. The van der Waals surface area contributed by atoms with Crippen LogP contribution in [0.1, 0.15) is 12.0 Å². The van der Waals surface area contributed by atoms with Crippen LogP contribution in [0.3, 0.4) is 0 Å². The number of nitrogens with zero attached hydrogens (tertiary/aromatic N) is 2. The lowest BCUT2D eigenvalue weighted by atomic mass is 10.1. The summed E-state index contributed by atoms with van der Waals surface area (Å²) in [5, 5.41) is 4.15. The summed E-state index contributed by atoms with van der Waals surface area (Å²) in [6, 6.07) is 6.58. The minimum atomic E-state index is -0.220. The molecule has 0 aliphatic rings. The van der Waals surface area contributed by atoms with E-state index in [0.717, 1.165) is 24.1 Å². The number of aromatic nitrogens is 2. The predicted molar refractivity (Wildman–Crippen MR) is 60.9 cm³/mol. The highest BCUT2D eigenvalue weighted by molar-refractivity contribution is 5.40. The molecule has 0 spiro atoms. The van der Waals surface area contributed by atoms with Crippen molar-refractivity contribution in [2.24, 2.45) is 5.73 Å². The molecule has 0 unspecified atom stereocenters. The molecule has 0 atom stereocenters. The van der Waals surface area contributed by atoms with Crippen molar-refractivity contribution in [3.8, 4) is 5.69 Å². The minimum absolute atomic E-state index is 0.220. The van der Waals surface area contributed by atoms with Crippen molar-refractivity contribution in [2.75, 3.05) is 6.54 Å². The van der Waals surface area contributed by atoms with Crippen LogP contribution in [0, 0.1) is 5.82 Å². The third-order valence-electron chi connectivity index (χ3n) is 2.44. The van der Waals surface area contributed by atoms with Gasteiger partial charge in [-0.25, -0.2) is 9.07 Å². The average Bonchev–Trinajstić information content (AvgIpc) is 2.80. The maximum atomic E-state index is 13.2. The van der Waals surface area contributed by atoms with Crippen LogP contribution in [0.2, 0.25) is 0 Å². The summed E-state index contributed by atoms with van der Waals surface area (Å²) in [7, 11) is 0. The van der Waals surface area contributed by atoms with Crippen LogP contribution in [0.25, 0.3) is 5.69 Å². The smallest absolute Gasteiger partial charge is 0.123 e. The molecule has 2 aromatic rings. The summed E-state index contributed by atoms with van der Waals surface area (Å²) in [5.74, 6) is -0.220. The van der Waals surface area contributed by atoms with Gasteiger partial charge in [0.25, 0.3) is 0 Å². The number of halogens is 1. The largest absolute Gasteiger partial charge is 0.330 e. The van der Waals surface area contributed by atoms with Crippen molar-refractivity contribution in [2.45, 2.75) is 12.8 Å². The van der Waals surface area contributed by atoms with Crippen LogP contribution >= 0.6 is 0 Å². The molecule has 0 aliphatic heterocycles. The molecule has 1 aromatic heterocycles. The highest BCUT2D eigenvalue weighted by Crippen LogP contribution is 2.16. The maximum absolute atomic E-state index is 13.2. The van der Waals surface area contributed by atoms with E-state index in [-0.39, 0.29) is 5.82 Å². The van der Waals surface area contributed by atoms with Gasteiger partial charge in [0.15, 0.2) is 0 Å². The summed E-state index contributed by atoms with van der Waals surface area (Å²) in [4.78, 5) is 0. The fourth-order valence-electron chi connectivity index (χ4n) is 1.68. The van der Waals surface area contributed by atoms with Crippen molar-refractivity contribution in [3.63, 3.8) is 0 Å². The Balaban J connectivity index is 2.36. The molecular weight excluding hydrogens is 205 g/mol. The van der Waals surface area contributed by atoms with Crippen LogP contribution in [-0.2, 0) is 6.42 Å². The van der Waals surface area contributed by atoms with Gasteiger partial charge < -0.3 is 5.73 Å². The number of nitrogens with two attached hydrogens (primary N) is 1. The molecule has 2 rings (SSSR count). The Labute approximate surface area is 93.7 Å². The summed E-state index contributed by atoms with van der Waals surface area (Å²) in [6.45, 7) is 0.606. The molecule has 0 fully saturated rings. The summed E-state index contributed by atoms with van der Waals surface area (Å²) in [6.07, 6.45) is 5.16. The van der Waals surface area contributed by atoms with E-state index in [1.165, 1.54) is 6.07 Å². The van der Waals surface area contributed by atoms with Crippen LogP contribution in [-0.4, -0.2) is 16.3 Å². The van der Waals surface area contributed by atoms with E-state index in [1.807, 2.05) is 12.3 Å². The maximum Gasteiger partial charge on any atom is 0.123 e. The van der Waals surface area contributed by atoms with Crippen molar-refractivity contribution < 1.29 is 4.39 Å². The topological polar surface area (TPSA) is 43.8 Å². The summed E-state index contributed by atoms with van der Waals surface area (Å²) in [5.41, 5.74) is 7.32. The zero-order chi connectivity index (χ0) is 11.4. The standard InChI is InChI=1S/C12H14FN3/c13-11-4-5-12(16-8-2-7-15-16)10(9-11)3-1-6-14/h2,4-5,7-9H,1,3,6,14H2. The van der Waals surface area contributed by atoms with Gasteiger partial charge in [-0.05, 0) is 49.2 Å². The molecular formula is C12H14FN3. The first-order valence-electron chi connectivity index (χ1n) is 5.30. The zero-order valence-electron chi connectivity index (χ0n) is 8.94. The third-order valence-corrected chi connectivity index (χ3v) is 2.44. The van der Waals surface area contributed by atoms with Gasteiger partial charge in [-0.15, -0.1) is 0 Å². The number of hydrogen-bond donors (Lipinski definition) is 1. The second-order valence-corrected chi connectivity index (χ2v) is 3.62. The van der Waals surface area contributed by atoms with Gasteiger partial charge in [0.05, 0.1) is 5.69 Å². The monoisotopic (exact) mass is 219 g/mol. The first-order chi connectivity index (χ1) is 7.81. The molecule has 0 saturated heterocycles. The van der Waals surface area contributed by atoms with E-state index in [4.69, 9.17) is 5.73 Å². The van der Waals surface area contributed by atoms with Crippen molar-refractivity contribution in [1.29, 1.82) is 0 Å². The fraction of sp³-hybridized carbons (Fsp3) is 0.250. The van der Waals surface area contributed by atoms with E-state index >= 15 is 0 Å². The molecule has 4 heteroatoms. The predicted octanol–water partition coefficient (Wildman–Crippen LogP) is 1.90. The van der Waals surface area contributed by atoms with Gasteiger partial charge in [-0.3, -0.25) is 0 Å². The minimum Gasteiger partial charge on any atom is -0.330 e. The molecule has 0 radical (unpaired) electrons. The molecule has 0 saturated carbocycles. The van der Waals surface area contributed by atoms with E-state index in [2.05, 4.69) is 5.10 Å². The van der Waals surface area contributed by atoms with Crippen LogP contribution < -0.4 is 5.73 Å². The lowest BCUT2D eigenvalue weighted by molar-refractivity contribution is 0.623. The lowest BCUT2D eigenvalue weighted by Gasteiger charge is -2.09. The lowest BCUT2D eigenvalue weighted by Crippen LogP contribution is -2.05. The van der Waals surface area contributed by atoms with E-state index in [0.29, 0.717) is 6.54 Å². The molecule has 0 bridgehead atoms. The number of hydrogen-bond acceptors (Lipinski definition) is 2. The van der Waals surface area contributed by atoms with E-state index < -0.39 is 0 Å². The molecule has 0 amide bonds. The second kappa shape index (κ2) is 4.90. The van der Waals surface area contributed by atoms with Gasteiger partial charge in [-0.2, -0.15) is 5.10 Å². The third kappa shape index (κ3) is 2.28. The van der Waals surface area contributed by atoms with Gasteiger partial charge in [0.2, 0.25) is 0 Å². The van der Waals surface area contributed by atoms with Crippen LogP contribution in [0.4, 0.5) is 4.39 Å². The quantitative estimate of drug-likeness (QED) is 0.853. The number of aryl methyl sites for hydroxylation is 1. The van der Waals surface area contributed by atoms with E-state index in [9.17, 15) is 4.39 Å². The molecule has 3 nitrogen and oxygen atoms in total. The van der Waals surface area contributed by atoms with Gasteiger partial charge in [0, 0.05) is 12.4 Å². The van der Waals surface area contributed by atoms with Crippen molar-refractivity contribution >= 4 is 0 Å². The Kier molecular flexibility index (Phi) is 3.31. The SMILES string of the molecule is NCCCc1cc(F)ccc1-n1cccn1. The normalized spacial score (nSPS) is 10.6. The molecule has 16 heavy (non-hydrogen) atoms. The molecule has 0 aliphatic carbocycles. The van der Waals surface area contributed by atoms with Gasteiger partial charge in [0.1, 0.15) is 5.82 Å². The highest BCUT2D eigenvalue weighted by atomic mass is 19.1. The Bertz CT molecular complexity index is 451. The number of benzene rings is 1. The molecule has 2 N–H and O–H groups in total. The summed E-state index contributed by atoms with van der Waals surface area (Å²) >= 11 is 0. The van der Waals surface area contributed by atoms with E-state index in [1.54, 1.807) is 23.0 Å². The van der Waals surface area contributed by atoms with Crippen LogP contribution in [0.15, 0.2) is 36.7 Å². The van der Waals surface area contributed by atoms with Crippen molar-refractivity contribution in [3.05, 3.63) is 48.0 Å². The Morgan fingerprint density at radius 2 is 2.25 bits per heavy atom. The summed E-state index contributed by atoms with van der Waals surface area (Å²) < 4.78 is 14.9. The average molecular weight is 219 g/mol. The Morgan fingerprint density at radius 1 is 1.38 bits per heavy atom. The first kappa shape index (κ1) is 10.8. The second-order valence-electron chi connectivity index (χ2n) is 3.62. The highest BCUT2D eigenvalue weighted by Gasteiger charge is 2.05. The Hall–Kier alpha value is -1.68. The van der Waals surface area contributed by atoms with Crippen molar-refractivity contribution in [1.82, 2.24) is 9.78 Å². The van der Waals surface area contributed by atoms with Crippen LogP contribution in [0.5, 0.6) is 0 Å². The molecule has 84 valence electrons.